The average molecular weight is 318 g/mol. The summed E-state index contributed by atoms with van der Waals surface area (Å²) >= 11 is 4.98. The molecule has 0 aliphatic carbocycles. The molecule has 7 heteroatoms. The van der Waals surface area contributed by atoms with E-state index in [-0.39, 0.29) is 0 Å². The summed E-state index contributed by atoms with van der Waals surface area (Å²) < 4.78 is 1.86. The lowest BCUT2D eigenvalue weighted by Gasteiger charge is -1.94. The minimum Gasteiger partial charge on any atom is -0.181 e. The molecule has 4 aromatic heterocycles. The Morgan fingerprint density at radius 1 is 0.950 bits per heavy atom. The number of hydrogen-bond donors (Lipinski definition) is 0. The molecule has 0 N–H and O–H groups in total. The second kappa shape index (κ2) is 4.47. The van der Waals surface area contributed by atoms with Gasteiger partial charge in [-0.1, -0.05) is 11.3 Å². The van der Waals surface area contributed by atoms with Gasteiger partial charge in [0.05, 0.1) is 9.75 Å². The van der Waals surface area contributed by atoms with Gasteiger partial charge in [-0.25, -0.2) is 0 Å². The third-order valence-corrected chi connectivity index (χ3v) is 6.19. The zero-order valence-corrected chi connectivity index (χ0v) is 13.3. The third kappa shape index (κ3) is 1.74. The summed E-state index contributed by atoms with van der Waals surface area (Å²) in [5.41, 5.74) is 2.47. The van der Waals surface area contributed by atoms with Crippen LogP contribution >= 0.6 is 34.0 Å². The zero-order chi connectivity index (χ0) is 13.7. The minimum atomic E-state index is 0.837. The van der Waals surface area contributed by atoms with Crippen molar-refractivity contribution in [3.05, 3.63) is 34.0 Å². The highest BCUT2D eigenvalue weighted by atomic mass is 32.1. The van der Waals surface area contributed by atoms with Gasteiger partial charge in [0.2, 0.25) is 4.96 Å². The number of nitrogens with zero attached hydrogens (tertiary/aromatic N) is 4. The maximum Gasteiger partial charge on any atom is 0.235 e. The van der Waals surface area contributed by atoms with E-state index in [9.17, 15) is 0 Å². The van der Waals surface area contributed by atoms with Gasteiger partial charge in [0.15, 0.2) is 10.8 Å². The van der Waals surface area contributed by atoms with E-state index in [1.165, 1.54) is 16.0 Å². The molecular formula is C13H10N4S3. The van der Waals surface area contributed by atoms with Crippen molar-refractivity contribution in [2.75, 3.05) is 0 Å². The van der Waals surface area contributed by atoms with Crippen LogP contribution in [0.5, 0.6) is 0 Å². The lowest BCUT2D eigenvalue weighted by Crippen LogP contribution is -1.90. The van der Waals surface area contributed by atoms with Crippen molar-refractivity contribution < 1.29 is 0 Å². The van der Waals surface area contributed by atoms with Crippen LogP contribution in [0, 0.1) is 13.8 Å². The Hall–Kier alpha value is -1.57. The van der Waals surface area contributed by atoms with E-state index in [1.54, 1.807) is 34.0 Å². The van der Waals surface area contributed by atoms with Crippen molar-refractivity contribution in [3.8, 4) is 20.6 Å². The first-order valence-corrected chi connectivity index (χ1v) is 8.63. The van der Waals surface area contributed by atoms with Gasteiger partial charge < -0.3 is 0 Å². The van der Waals surface area contributed by atoms with Crippen LogP contribution in [0.4, 0.5) is 0 Å². The lowest BCUT2D eigenvalue weighted by atomic mass is 10.3. The molecular weight excluding hydrogens is 308 g/mol. The number of thiophene rings is 2. The van der Waals surface area contributed by atoms with Crippen LogP contribution in [-0.2, 0) is 0 Å². The molecule has 4 nitrogen and oxygen atoms in total. The number of aryl methyl sites for hydroxylation is 2. The van der Waals surface area contributed by atoms with Crippen LogP contribution in [0.1, 0.15) is 11.1 Å². The number of rotatable bonds is 2. The number of aromatic nitrogens is 4. The average Bonchev–Trinajstić information content (AvgIpc) is 3.12. The molecule has 0 unspecified atom stereocenters. The van der Waals surface area contributed by atoms with Gasteiger partial charge in [-0.05, 0) is 47.9 Å². The fourth-order valence-corrected chi connectivity index (χ4v) is 4.86. The summed E-state index contributed by atoms with van der Waals surface area (Å²) in [5, 5.41) is 18.4. The molecule has 0 bridgehead atoms. The third-order valence-electron chi connectivity index (χ3n) is 3.11. The smallest absolute Gasteiger partial charge is 0.181 e. The molecule has 4 rings (SSSR count). The van der Waals surface area contributed by atoms with E-state index in [1.807, 2.05) is 4.52 Å². The van der Waals surface area contributed by atoms with Gasteiger partial charge in [0.25, 0.3) is 0 Å². The van der Waals surface area contributed by atoms with E-state index in [2.05, 4.69) is 46.9 Å². The first-order chi connectivity index (χ1) is 9.74. The van der Waals surface area contributed by atoms with Crippen LogP contribution in [0.25, 0.3) is 25.5 Å². The topological polar surface area (TPSA) is 43.1 Å². The summed E-state index contributed by atoms with van der Waals surface area (Å²) in [6, 6.07) is 4.21. The number of hydrogen-bond acceptors (Lipinski definition) is 6. The first kappa shape index (κ1) is 12.2. The predicted molar refractivity (Wildman–Crippen MR) is 84.8 cm³/mol. The highest BCUT2D eigenvalue weighted by Gasteiger charge is 2.17. The molecule has 0 radical (unpaired) electrons. The second-order valence-electron chi connectivity index (χ2n) is 4.49. The van der Waals surface area contributed by atoms with Gasteiger partial charge in [-0.2, -0.15) is 9.61 Å². The van der Waals surface area contributed by atoms with Gasteiger partial charge >= 0.3 is 0 Å². The van der Waals surface area contributed by atoms with Gasteiger partial charge in [-0.15, -0.1) is 32.9 Å². The zero-order valence-electron chi connectivity index (χ0n) is 10.8. The van der Waals surface area contributed by atoms with Crippen molar-refractivity contribution >= 4 is 39.0 Å². The van der Waals surface area contributed by atoms with Gasteiger partial charge in [-0.3, -0.25) is 0 Å². The van der Waals surface area contributed by atoms with E-state index in [0.717, 1.165) is 20.7 Å². The first-order valence-electron chi connectivity index (χ1n) is 6.05. The molecule has 0 atom stereocenters. The highest BCUT2D eigenvalue weighted by Crippen LogP contribution is 2.34. The summed E-state index contributed by atoms with van der Waals surface area (Å²) in [6.07, 6.45) is 0. The quantitative estimate of drug-likeness (QED) is 0.554. The van der Waals surface area contributed by atoms with Crippen molar-refractivity contribution in [1.29, 1.82) is 0 Å². The fourth-order valence-electron chi connectivity index (χ4n) is 2.04. The molecule has 4 heterocycles. The Kier molecular flexibility index (Phi) is 2.73. The van der Waals surface area contributed by atoms with Crippen LogP contribution in [0.3, 0.4) is 0 Å². The predicted octanol–water partition coefficient (Wildman–Crippen LogP) is 4.26. The van der Waals surface area contributed by atoms with Gasteiger partial charge in [0.1, 0.15) is 0 Å². The highest BCUT2D eigenvalue weighted by molar-refractivity contribution is 7.24. The molecule has 0 spiro atoms. The normalized spacial score (nSPS) is 11.5. The van der Waals surface area contributed by atoms with Crippen molar-refractivity contribution in [2.24, 2.45) is 0 Å². The van der Waals surface area contributed by atoms with E-state index in [4.69, 9.17) is 5.10 Å². The lowest BCUT2D eigenvalue weighted by molar-refractivity contribution is 0.973. The summed E-state index contributed by atoms with van der Waals surface area (Å²) in [7, 11) is 0. The number of fused-ring (bicyclic) bond motifs is 1. The Morgan fingerprint density at radius 2 is 1.65 bits per heavy atom. The van der Waals surface area contributed by atoms with Crippen molar-refractivity contribution in [3.63, 3.8) is 0 Å². The van der Waals surface area contributed by atoms with E-state index in [0.29, 0.717) is 0 Å². The van der Waals surface area contributed by atoms with Crippen LogP contribution in [0.2, 0.25) is 0 Å². The van der Waals surface area contributed by atoms with Crippen LogP contribution in [-0.4, -0.2) is 19.8 Å². The van der Waals surface area contributed by atoms with Crippen molar-refractivity contribution in [2.45, 2.75) is 13.8 Å². The molecule has 20 heavy (non-hydrogen) atoms. The summed E-state index contributed by atoms with van der Waals surface area (Å²) in [4.78, 5) is 3.20. The molecule has 0 saturated carbocycles. The summed E-state index contributed by atoms with van der Waals surface area (Å²) in [5.74, 6) is 0.837. The maximum absolute atomic E-state index is 4.70. The van der Waals surface area contributed by atoms with Crippen LogP contribution < -0.4 is 0 Å². The molecule has 0 amide bonds. The van der Waals surface area contributed by atoms with E-state index >= 15 is 0 Å². The second-order valence-corrected chi connectivity index (χ2v) is 7.28. The monoisotopic (exact) mass is 318 g/mol. The van der Waals surface area contributed by atoms with Crippen LogP contribution in [0.15, 0.2) is 22.9 Å². The maximum atomic E-state index is 4.70. The molecule has 0 aromatic carbocycles. The Morgan fingerprint density at radius 3 is 2.30 bits per heavy atom. The van der Waals surface area contributed by atoms with E-state index < -0.39 is 0 Å². The van der Waals surface area contributed by atoms with Gasteiger partial charge in [0, 0.05) is 0 Å². The molecule has 0 fully saturated rings. The molecule has 0 aliphatic rings. The Balaban J connectivity index is 1.92. The largest absolute Gasteiger partial charge is 0.235 e. The standard InChI is InChI=1S/C13H10N4S3/c1-7-3-5-18-9(7)11-14-15-13-17(11)16-12(20-13)10-8(2)4-6-19-10/h3-6H,1-2H3. The molecule has 0 saturated heterocycles. The molecule has 4 aromatic rings. The Bertz CT molecular complexity index is 896. The Labute approximate surface area is 127 Å². The summed E-state index contributed by atoms with van der Waals surface area (Å²) in [6.45, 7) is 4.20. The minimum absolute atomic E-state index is 0.837. The molecule has 100 valence electrons. The SMILES string of the molecule is Cc1ccsc1-c1nn2c(-c3sccc3C)nnc2s1. The van der Waals surface area contributed by atoms with Crippen molar-refractivity contribution in [1.82, 2.24) is 19.8 Å². The fraction of sp³-hybridized carbons (Fsp3) is 0.154. The molecule has 0 aliphatic heterocycles.